The summed E-state index contributed by atoms with van der Waals surface area (Å²) in [5.41, 5.74) is 1.98. The number of ether oxygens (including phenoxy) is 2. The van der Waals surface area contributed by atoms with Crippen LogP contribution in [0.4, 0.5) is 0 Å². The van der Waals surface area contributed by atoms with E-state index >= 15 is 0 Å². The van der Waals surface area contributed by atoms with E-state index in [1.165, 1.54) is 0 Å². The first-order valence-corrected chi connectivity index (χ1v) is 11.4. The summed E-state index contributed by atoms with van der Waals surface area (Å²) in [4.78, 5) is 4.75. The molecule has 0 bridgehead atoms. The Balaban J connectivity index is 1.61. The van der Waals surface area contributed by atoms with Crippen molar-refractivity contribution in [3.8, 4) is 11.5 Å². The first kappa shape index (κ1) is 23.4. The van der Waals surface area contributed by atoms with Gasteiger partial charge in [0.1, 0.15) is 5.82 Å². The van der Waals surface area contributed by atoms with E-state index in [2.05, 4.69) is 40.7 Å². The third-order valence-electron chi connectivity index (χ3n) is 4.98. The highest BCUT2D eigenvalue weighted by Gasteiger charge is 2.12. The topological polar surface area (TPSA) is 85.1 Å². The first-order valence-electron chi connectivity index (χ1n) is 11.4. The zero-order chi connectivity index (χ0) is 22.8. The summed E-state index contributed by atoms with van der Waals surface area (Å²) < 4.78 is 13.5. The zero-order valence-corrected chi connectivity index (χ0v) is 19.5. The summed E-state index contributed by atoms with van der Waals surface area (Å²) in [5, 5.41) is 15.3. The number of hydrogen-bond acceptors (Lipinski definition) is 5. The maximum atomic E-state index is 5.77. The number of aromatic nitrogens is 3. The van der Waals surface area contributed by atoms with Gasteiger partial charge in [-0.2, -0.15) is 0 Å². The number of nitrogens with zero attached hydrogens (tertiary/aromatic N) is 4. The average molecular weight is 439 g/mol. The lowest BCUT2D eigenvalue weighted by Crippen LogP contribution is -2.38. The molecule has 0 aliphatic heterocycles. The average Bonchev–Trinajstić information content (AvgIpc) is 3.21. The number of nitrogens with one attached hydrogen (secondary N) is 2. The summed E-state index contributed by atoms with van der Waals surface area (Å²) in [6.07, 6.45) is 3.70. The molecule has 3 aromatic rings. The van der Waals surface area contributed by atoms with Crippen LogP contribution in [-0.2, 0) is 6.42 Å². The summed E-state index contributed by atoms with van der Waals surface area (Å²) in [7, 11) is 0. The smallest absolute Gasteiger partial charge is 0.191 e. The Hall–Kier alpha value is -3.29. The fourth-order valence-corrected chi connectivity index (χ4v) is 3.43. The molecule has 0 amide bonds. The number of rotatable bonds is 11. The van der Waals surface area contributed by atoms with Gasteiger partial charge in [-0.15, -0.1) is 10.2 Å². The SMILES string of the molecule is CCNC(=NCCCc1nnc2ccccn12)NC(C)c1ccc(OCC)c(OCC)c1. The largest absolute Gasteiger partial charge is 0.490 e. The van der Waals surface area contributed by atoms with Gasteiger partial charge in [-0.1, -0.05) is 12.1 Å². The Morgan fingerprint density at radius 3 is 2.66 bits per heavy atom. The third kappa shape index (κ3) is 6.12. The molecule has 1 atom stereocenters. The quantitative estimate of drug-likeness (QED) is 0.269. The molecule has 0 radical (unpaired) electrons. The van der Waals surface area contributed by atoms with Gasteiger partial charge in [0.25, 0.3) is 0 Å². The van der Waals surface area contributed by atoms with E-state index < -0.39 is 0 Å². The number of hydrogen-bond donors (Lipinski definition) is 2. The highest BCUT2D eigenvalue weighted by Crippen LogP contribution is 2.30. The standard InChI is InChI=1S/C24H34N6O2/c1-5-25-24(26-15-10-12-23-29-28-22-11-8-9-16-30(22)23)27-18(4)19-13-14-20(31-6-2)21(17-19)32-7-3/h8-9,11,13-14,16-18H,5-7,10,12,15H2,1-4H3,(H2,25,26,27). The number of aliphatic imine (C=N–C) groups is 1. The molecule has 2 aromatic heterocycles. The predicted octanol–water partition coefficient (Wildman–Crippen LogP) is 3.78. The molecule has 1 aromatic carbocycles. The minimum Gasteiger partial charge on any atom is -0.490 e. The van der Waals surface area contributed by atoms with Gasteiger partial charge in [-0.25, -0.2) is 0 Å². The molecule has 0 saturated heterocycles. The van der Waals surface area contributed by atoms with Gasteiger partial charge >= 0.3 is 0 Å². The van der Waals surface area contributed by atoms with E-state index in [0.29, 0.717) is 19.8 Å². The van der Waals surface area contributed by atoms with Crippen LogP contribution in [0.25, 0.3) is 5.65 Å². The van der Waals surface area contributed by atoms with Crippen molar-refractivity contribution in [2.75, 3.05) is 26.3 Å². The Morgan fingerprint density at radius 1 is 1.06 bits per heavy atom. The summed E-state index contributed by atoms with van der Waals surface area (Å²) in [6.45, 7) is 10.8. The van der Waals surface area contributed by atoms with Crippen LogP contribution in [0, 0.1) is 0 Å². The van der Waals surface area contributed by atoms with E-state index in [1.807, 2.05) is 54.8 Å². The third-order valence-corrected chi connectivity index (χ3v) is 4.98. The van der Waals surface area contributed by atoms with Gasteiger partial charge in [0.05, 0.1) is 19.3 Å². The molecule has 0 saturated carbocycles. The maximum Gasteiger partial charge on any atom is 0.191 e. The van der Waals surface area contributed by atoms with E-state index in [0.717, 1.165) is 53.9 Å². The molecule has 0 aliphatic carbocycles. The molecule has 0 aliphatic rings. The fraction of sp³-hybridized carbons (Fsp3) is 0.458. The minimum absolute atomic E-state index is 0.0584. The van der Waals surface area contributed by atoms with Crippen LogP contribution in [0.5, 0.6) is 11.5 Å². The van der Waals surface area contributed by atoms with Crippen molar-refractivity contribution in [1.82, 2.24) is 25.2 Å². The van der Waals surface area contributed by atoms with E-state index in [9.17, 15) is 0 Å². The monoisotopic (exact) mass is 438 g/mol. The maximum absolute atomic E-state index is 5.77. The number of aryl methyl sites for hydroxylation is 1. The van der Waals surface area contributed by atoms with Gasteiger partial charge in [-0.05, 0) is 63.9 Å². The molecule has 3 rings (SSSR count). The van der Waals surface area contributed by atoms with Crippen LogP contribution in [0.15, 0.2) is 47.6 Å². The van der Waals surface area contributed by atoms with Gasteiger partial charge in [0, 0.05) is 25.7 Å². The van der Waals surface area contributed by atoms with Gasteiger partial charge in [-0.3, -0.25) is 9.39 Å². The Bertz CT molecular complexity index is 1020. The van der Waals surface area contributed by atoms with Crippen LogP contribution >= 0.6 is 0 Å². The number of benzene rings is 1. The Morgan fingerprint density at radius 2 is 1.88 bits per heavy atom. The van der Waals surface area contributed by atoms with Crippen molar-refractivity contribution < 1.29 is 9.47 Å². The van der Waals surface area contributed by atoms with Crippen molar-refractivity contribution in [2.24, 2.45) is 4.99 Å². The lowest BCUT2D eigenvalue weighted by Gasteiger charge is -2.20. The highest BCUT2D eigenvalue weighted by atomic mass is 16.5. The van der Waals surface area contributed by atoms with Crippen molar-refractivity contribution in [2.45, 2.75) is 46.6 Å². The minimum atomic E-state index is 0.0584. The van der Waals surface area contributed by atoms with E-state index in [4.69, 9.17) is 14.5 Å². The van der Waals surface area contributed by atoms with Gasteiger partial charge in [0.15, 0.2) is 23.1 Å². The molecule has 8 nitrogen and oxygen atoms in total. The highest BCUT2D eigenvalue weighted by molar-refractivity contribution is 5.80. The van der Waals surface area contributed by atoms with Crippen LogP contribution in [0.3, 0.4) is 0 Å². The second-order valence-electron chi connectivity index (χ2n) is 7.35. The summed E-state index contributed by atoms with van der Waals surface area (Å²) in [5.74, 6) is 3.28. The normalized spacial score (nSPS) is 12.6. The van der Waals surface area contributed by atoms with E-state index in [-0.39, 0.29) is 6.04 Å². The molecular formula is C24H34N6O2. The first-order chi connectivity index (χ1) is 15.7. The Labute approximate surface area is 190 Å². The number of pyridine rings is 1. The molecule has 0 fully saturated rings. The lowest BCUT2D eigenvalue weighted by molar-refractivity contribution is 0.287. The second kappa shape index (κ2) is 11.9. The zero-order valence-electron chi connectivity index (χ0n) is 19.5. The molecule has 8 heteroatoms. The molecule has 0 spiro atoms. The van der Waals surface area contributed by atoms with Gasteiger partial charge in [0.2, 0.25) is 0 Å². The summed E-state index contributed by atoms with van der Waals surface area (Å²) in [6, 6.07) is 12.0. The van der Waals surface area contributed by atoms with Crippen LogP contribution < -0.4 is 20.1 Å². The van der Waals surface area contributed by atoms with E-state index in [1.54, 1.807) is 0 Å². The molecule has 2 N–H and O–H groups in total. The van der Waals surface area contributed by atoms with Gasteiger partial charge < -0.3 is 20.1 Å². The second-order valence-corrected chi connectivity index (χ2v) is 7.35. The van der Waals surface area contributed by atoms with Crippen molar-refractivity contribution in [1.29, 1.82) is 0 Å². The number of guanidine groups is 1. The van der Waals surface area contributed by atoms with Crippen molar-refractivity contribution in [3.63, 3.8) is 0 Å². The summed E-state index contributed by atoms with van der Waals surface area (Å²) >= 11 is 0. The molecular weight excluding hydrogens is 404 g/mol. The molecule has 32 heavy (non-hydrogen) atoms. The van der Waals surface area contributed by atoms with Crippen LogP contribution in [0.2, 0.25) is 0 Å². The molecule has 172 valence electrons. The predicted molar refractivity (Wildman–Crippen MR) is 128 cm³/mol. The molecule has 1 unspecified atom stereocenters. The molecule has 2 heterocycles. The van der Waals surface area contributed by atoms with Crippen molar-refractivity contribution >= 4 is 11.6 Å². The van der Waals surface area contributed by atoms with Crippen molar-refractivity contribution in [3.05, 3.63) is 54.0 Å². The van der Waals surface area contributed by atoms with Crippen LogP contribution in [0.1, 0.15) is 51.5 Å². The number of fused-ring (bicyclic) bond motifs is 1. The van der Waals surface area contributed by atoms with Crippen LogP contribution in [-0.4, -0.2) is 46.9 Å². The lowest BCUT2D eigenvalue weighted by atomic mass is 10.1. The fourth-order valence-electron chi connectivity index (χ4n) is 3.43. The Kier molecular flexibility index (Phi) is 8.71.